The van der Waals surface area contributed by atoms with Gasteiger partial charge in [-0.1, -0.05) is 67.9 Å². The topological polar surface area (TPSA) is 124 Å². The second-order valence-corrected chi connectivity index (χ2v) is 11.1. The second-order valence-electron chi connectivity index (χ2n) is 11.1. The number of nitrogen functional groups attached to an aromatic ring is 2. The number of halogens is 3. The number of nitrogens with one attached hydrogen (secondary N) is 1. The quantitative estimate of drug-likeness (QED) is 0.127. The van der Waals surface area contributed by atoms with E-state index in [-0.39, 0.29) is 22.9 Å². The number of nitrogens with two attached hydrogens (primary N) is 2. The minimum absolute atomic E-state index is 0.223. The van der Waals surface area contributed by atoms with E-state index in [2.05, 4.69) is 15.3 Å². The number of fused-ring (bicyclic) bond motifs is 3. The van der Waals surface area contributed by atoms with Crippen LogP contribution in [0.2, 0.25) is 0 Å². The van der Waals surface area contributed by atoms with Gasteiger partial charge >= 0.3 is 6.18 Å². The van der Waals surface area contributed by atoms with Crippen LogP contribution in [0, 0.1) is 0 Å². The van der Waals surface area contributed by atoms with Crippen LogP contribution in [0.1, 0.15) is 51.9 Å². The van der Waals surface area contributed by atoms with Gasteiger partial charge in [0.05, 0.1) is 11.6 Å². The highest BCUT2D eigenvalue weighted by Gasteiger charge is 2.42. The van der Waals surface area contributed by atoms with Crippen LogP contribution in [0.4, 0.5) is 24.7 Å². The van der Waals surface area contributed by atoms with Crippen molar-refractivity contribution in [2.75, 3.05) is 18.0 Å². The predicted molar refractivity (Wildman–Crippen MR) is 172 cm³/mol. The van der Waals surface area contributed by atoms with Crippen molar-refractivity contribution in [2.24, 2.45) is 0 Å². The van der Waals surface area contributed by atoms with Gasteiger partial charge in [0, 0.05) is 45.9 Å². The van der Waals surface area contributed by atoms with E-state index < -0.39 is 24.5 Å². The zero-order chi connectivity index (χ0) is 32.6. The lowest BCUT2D eigenvalue weighted by atomic mass is 9.80. The molecule has 0 saturated heterocycles. The molecule has 1 amide bonds. The van der Waals surface area contributed by atoms with Crippen molar-refractivity contribution in [3.05, 3.63) is 119 Å². The molecular formula is C36H30F3N5O2. The molecule has 1 unspecified atom stereocenters. The van der Waals surface area contributed by atoms with Crippen molar-refractivity contribution in [3.8, 4) is 33.5 Å². The van der Waals surface area contributed by atoms with Crippen molar-refractivity contribution in [3.63, 3.8) is 0 Å². The minimum Gasteiger partial charge on any atom is -0.398 e. The van der Waals surface area contributed by atoms with Crippen molar-refractivity contribution >= 4 is 23.2 Å². The Hall–Kier alpha value is -5.51. The average molecular weight is 622 g/mol. The molecule has 46 heavy (non-hydrogen) atoms. The molecule has 2 heterocycles. The van der Waals surface area contributed by atoms with E-state index in [0.717, 1.165) is 0 Å². The van der Waals surface area contributed by atoms with Gasteiger partial charge in [0.1, 0.15) is 12.4 Å². The van der Waals surface area contributed by atoms with Crippen LogP contribution in [0.3, 0.4) is 0 Å². The molecule has 1 atom stereocenters. The van der Waals surface area contributed by atoms with Crippen molar-refractivity contribution in [2.45, 2.75) is 31.9 Å². The van der Waals surface area contributed by atoms with Gasteiger partial charge < -0.3 is 16.8 Å². The largest absolute Gasteiger partial charge is 0.405 e. The number of aromatic nitrogens is 2. The zero-order valence-corrected chi connectivity index (χ0v) is 24.9. The van der Waals surface area contributed by atoms with Gasteiger partial charge in [-0.15, -0.1) is 0 Å². The van der Waals surface area contributed by atoms with Crippen LogP contribution in [0.5, 0.6) is 0 Å². The molecule has 232 valence electrons. The number of benzene rings is 3. The summed E-state index contributed by atoms with van der Waals surface area (Å²) in [5.74, 6) is -2.05. The van der Waals surface area contributed by atoms with Crippen molar-refractivity contribution in [1.82, 2.24) is 15.3 Å². The van der Waals surface area contributed by atoms with Gasteiger partial charge in [-0.05, 0) is 58.5 Å². The maximum Gasteiger partial charge on any atom is 0.405 e. The molecule has 0 radical (unpaired) electrons. The average Bonchev–Trinajstić information content (AvgIpc) is 3.40. The molecule has 0 fully saturated rings. The van der Waals surface area contributed by atoms with Gasteiger partial charge in [-0.3, -0.25) is 14.6 Å². The molecule has 6 rings (SSSR count). The Labute approximate surface area is 263 Å². The fraction of sp³-hybridized carbons (Fsp3) is 0.167. The van der Waals surface area contributed by atoms with Crippen molar-refractivity contribution < 1.29 is 22.8 Å². The first-order valence-corrected chi connectivity index (χ1v) is 14.8. The number of hydrogen-bond acceptors (Lipinski definition) is 6. The van der Waals surface area contributed by atoms with Gasteiger partial charge in [-0.2, -0.15) is 13.2 Å². The molecule has 0 bridgehead atoms. The van der Waals surface area contributed by atoms with Crippen LogP contribution >= 0.6 is 0 Å². The minimum atomic E-state index is -4.61. The number of carbonyl (C=O) groups excluding carboxylic acids is 2. The molecule has 2 aromatic heterocycles. The normalized spacial score (nSPS) is 13.6. The number of ketones is 1. The van der Waals surface area contributed by atoms with Crippen LogP contribution in [0.15, 0.2) is 91.3 Å². The smallest absolute Gasteiger partial charge is 0.398 e. The third-order valence-electron chi connectivity index (χ3n) is 8.16. The van der Waals surface area contributed by atoms with Crippen LogP contribution < -0.4 is 16.8 Å². The van der Waals surface area contributed by atoms with E-state index in [0.29, 0.717) is 68.6 Å². The van der Waals surface area contributed by atoms with E-state index in [1.165, 1.54) is 0 Å². The van der Waals surface area contributed by atoms with Crippen LogP contribution in [-0.4, -0.2) is 34.4 Å². The zero-order valence-electron chi connectivity index (χ0n) is 24.9. The Morgan fingerprint density at radius 3 is 2.26 bits per heavy atom. The lowest BCUT2D eigenvalue weighted by Crippen LogP contribution is -2.37. The lowest BCUT2D eigenvalue weighted by molar-refractivity contribution is -0.138. The molecule has 5 N–H and O–H groups in total. The summed E-state index contributed by atoms with van der Waals surface area (Å²) in [6.45, 7) is 0.454. The summed E-state index contributed by atoms with van der Waals surface area (Å²) in [6, 6.07) is 22.8. The van der Waals surface area contributed by atoms with E-state index in [4.69, 9.17) is 11.5 Å². The SMILES string of the molecule is CCCc1c(N)c(-c2ccc(N)nc2)c(C(=O)c2ccccc2-c2ccccn2)c2c1C(C(=O)NCC(F)(F)F)c1ccccc1-2. The molecule has 10 heteroatoms. The molecular weight excluding hydrogens is 591 g/mol. The Bertz CT molecular complexity index is 1960. The highest BCUT2D eigenvalue weighted by molar-refractivity contribution is 6.22. The highest BCUT2D eigenvalue weighted by atomic mass is 19.4. The first kappa shape index (κ1) is 30.5. The molecule has 3 aromatic carbocycles. The van der Waals surface area contributed by atoms with Crippen molar-refractivity contribution in [1.29, 1.82) is 0 Å². The number of rotatable bonds is 8. The third kappa shape index (κ3) is 5.47. The lowest BCUT2D eigenvalue weighted by Gasteiger charge is -2.24. The monoisotopic (exact) mass is 621 g/mol. The van der Waals surface area contributed by atoms with Gasteiger partial charge in [-0.25, -0.2) is 4.98 Å². The fourth-order valence-corrected chi connectivity index (χ4v) is 6.29. The molecule has 1 aliphatic carbocycles. The van der Waals surface area contributed by atoms with Crippen LogP contribution in [-0.2, 0) is 11.2 Å². The number of hydrogen-bond donors (Lipinski definition) is 3. The fourth-order valence-electron chi connectivity index (χ4n) is 6.29. The summed E-state index contributed by atoms with van der Waals surface area (Å²) in [7, 11) is 0. The number of anilines is 2. The maximum absolute atomic E-state index is 15.0. The molecule has 0 aliphatic heterocycles. The summed E-state index contributed by atoms with van der Waals surface area (Å²) < 4.78 is 39.8. The van der Waals surface area contributed by atoms with E-state index in [9.17, 15) is 18.0 Å². The summed E-state index contributed by atoms with van der Waals surface area (Å²) in [4.78, 5) is 37.5. The van der Waals surface area contributed by atoms with Crippen LogP contribution in [0.25, 0.3) is 33.5 Å². The maximum atomic E-state index is 15.0. The molecule has 7 nitrogen and oxygen atoms in total. The Kier molecular flexibility index (Phi) is 8.04. The van der Waals surface area contributed by atoms with Gasteiger partial charge in [0.25, 0.3) is 0 Å². The highest BCUT2D eigenvalue weighted by Crippen LogP contribution is 2.54. The third-order valence-corrected chi connectivity index (χ3v) is 8.16. The summed E-state index contributed by atoms with van der Waals surface area (Å²) in [5.41, 5.74) is 18.4. The van der Waals surface area contributed by atoms with Gasteiger partial charge in [0.2, 0.25) is 5.91 Å². The standard InChI is InChI=1S/C36H30F3N5O2/c1-2-9-25-30-29(22-11-4-5-12-23(22)31(30)35(46)44-19-36(37,38)39)32(28(33(25)41)20-15-16-27(40)43-18-20)34(45)24-13-6-3-10-21(24)26-14-7-8-17-42-26/h3-8,10-18,31H,2,9,19,41H2,1H3,(H2,40,43)(H,44,46). The second kappa shape index (κ2) is 12.1. The molecule has 0 saturated carbocycles. The molecule has 5 aromatic rings. The first-order valence-electron chi connectivity index (χ1n) is 14.8. The predicted octanol–water partition coefficient (Wildman–Crippen LogP) is 6.95. The Morgan fingerprint density at radius 2 is 1.59 bits per heavy atom. The van der Waals surface area contributed by atoms with E-state index >= 15 is 4.79 Å². The number of pyridine rings is 2. The van der Waals surface area contributed by atoms with Gasteiger partial charge in [0.15, 0.2) is 5.78 Å². The van der Waals surface area contributed by atoms with E-state index in [1.54, 1.807) is 79.1 Å². The summed E-state index contributed by atoms with van der Waals surface area (Å²) in [6.07, 6.45) is -0.389. The Morgan fingerprint density at radius 1 is 0.870 bits per heavy atom. The number of amides is 1. The number of alkyl halides is 3. The first-order chi connectivity index (χ1) is 22.1. The molecule has 0 spiro atoms. The van der Waals surface area contributed by atoms with E-state index in [1.807, 2.05) is 19.1 Å². The number of carbonyl (C=O) groups is 2. The summed E-state index contributed by atoms with van der Waals surface area (Å²) in [5, 5.41) is 2.08. The molecule has 1 aliphatic rings. The number of nitrogens with zero attached hydrogens (tertiary/aromatic N) is 2. The summed E-state index contributed by atoms with van der Waals surface area (Å²) >= 11 is 0. The Balaban J connectivity index is 1.70.